The highest BCUT2D eigenvalue weighted by Gasteiger charge is 2.39. The molecule has 0 saturated carbocycles. The quantitative estimate of drug-likeness (QED) is 0.651. The first-order valence-corrected chi connectivity index (χ1v) is 8.77. The largest absolute Gasteiger partial charge is 0.381 e. The van der Waals surface area contributed by atoms with Crippen LogP contribution in [0.5, 0.6) is 0 Å². The van der Waals surface area contributed by atoms with Gasteiger partial charge in [-0.1, -0.05) is 30.3 Å². The molecule has 0 aliphatic carbocycles. The minimum Gasteiger partial charge on any atom is -0.381 e. The van der Waals surface area contributed by atoms with Crippen molar-refractivity contribution in [1.29, 1.82) is 0 Å². The molecule has 1 unspecified atom stereocenters. The van der Waals surface area contributed by atoms with Crippen molar-refractivity contribution in [3.63, 3.8) is 0 Å². The minimum atomic E-state index is -0.473. The van der Waals surface area contributed by atoms with Crippen LogP contribution in [0.25, 0.3) is 0 Å². The molecule has 4 N–H and O–H groups in total. The zero-order chi connectivity index (χ0) is 17.6. The number of amides is 1. The Morgan fingerprint density at radius 3 is 2.35 bits per heavy atom. The lowest BCUT2D eigenvalue weighted by atomic mass is 9.79. The number of rotatable bonds is 7. The summed E-state index contributed by atoms with van der Waals surface area (Å²) >= 11 is 0. The fourth-order valence-electron chi connectivity index (χ4n) is 3.24. The van der Waals surface area contributed by atoms with Gasteiger partial charge < -0.3 is 21.1 Å². The van der Waals surface area contributed by atoms with Gasteiger partial charge in [-0.2, -0.15) is 0 Å². The number of halogens is 2. The highest BCUT2D eigenvalue weighted by atomic mass is 35.5. The zero-order valence-electron chi connectivity index (χ0n) is 15.9. The summed E-state index contributed by atoms with van der Waals surface area (Å²) in [6.45, 7) is 8.49. The van der Waals surface area contributed by atoms with Crippen molar-refractivity contribution in [2.45, 2.75) is 45.2 Å². The lowest BCUT2D eigenvalue weighted by molar-refractivity contribution is -0.136. The van der Waals surface area contributed by atoms with Gasteiger partial charge in [0.15, 0.2) is 0 Å². The van der Waals surface area contributed by atoms with E-state index in [1.54, 1.807) is 0 Å². The average molecular weight is 406 g/mol. The van der Waals surface area contributed by atoms with Gasteiger partial charge in [0.1, 0.15) is 0 Å². The Hall–Kier alpha value is -0.850. The summed E-state index contributed by atoms with van der Waals surface area (Å²) in [4.78, 5) is 12.7. The van der Waals surface area contributed by atoms with E-state index in [0.717, 1.165) is 0 Å². The molecule has 2 rings (SSSR count). The summed E-state index contributed by atoms with van der Waals surface area (Å²) in [6, 6.07) is 10.5. The molecule has 1 saturated heterocycles. The molecule has 1 aliphatic rings. The second kappa shape index (κ2) is 11.1. The van der Waals surface area contributed by atoms with Crippen molar-refractivity contribution >= 4 is 30.7 Å². The van der Waals surface area contributed by atoms with E-state index in [0.29, 0.717) is 39.1 Å². The first-order chi connectivity index (χ1) is 11.4. The Kier molecular flexibility index (Phi) is 10.7. The number of hydrogen-bond acceptors (Lipinski definition) is 4. The van der Waals surface area contributed by atoms with Crippen LogP contribution in [0, 0.1) is 5.41 Å². The molecule has 0 radical (unpaired) electrons. The molecule has 1 aromatic carbocycles. The van der Waals surface area contributed by atoms with Crippen LogP contribution in [0.1, 0.15) is 45.2 Å². The maximum Gasteiger partial charge on any atom is 0.227 e. The molecular weight excluding hydrogens is 373 g/mol. The van der Waals surface area contributed by atoms with Crippen molar-refractivity contribution in [1.82, 2.24) is 10.6 Å². The van der Waals surface area contributed by atoms with Crippen LogP contribution in [0.15, 0.2) is 30.3 Å². The maximum absolute atomic E-state index is 12.7. The lowest BCUT2D eigenvalue weighted by Crippen LogP contribution is -2.55. The zero-order valence-corrected chi connectivity index (χ0v) is 17.6. The molecule has 150 valence electrons. The summed E-state index contributed by atoms with van der Waals surface area (Å²) in [5.41, 5.74) is 6.45. The molecule has 1 amide bonds. The monoisotopic (exact) mass is 405 g/mol. The van der Waals surface area contributed by atoms with E-state index in [1.165, 1.54) is 5.56 Å². The number of carbonyl (C=O) groups is 1. The van der Waals surface area contributed by atoms with E-state index in [2.05, 4.69) is 43.5 Å². The van der Waals surface area contributed by atoms with E-state index < -0.39 is 5.41 Å². The summed E-state index contributed by atoms with van der Waals surface area (Å²) in [6.07, 6.45) is 1.40. The SMILES string of the molecule is CC(NC(C)(C)CNC(=O)C1(CN)CCOCC1)c1ccccc1.Cl.Cl. The Balaban J connectivity index is 0.00000312. The summed E-state index contributed by atoms with van der Waals surface area (Å²) < 4.78 is 5.38. The molecule has 0 bridgehead atoms. The maximum atomic E-state index is 12.7. The van der Waals surface area contributed by atoms with Crippen LogP contribution < -0.4 is 16.4 Å². The highest BCUT2D eigenvalue weighted by Crippen LogP contribution is 2.29. The predicted molar refractivity (Wildman–Crippen MR) is 111 cm³/mol. The summed E-state index contributed by atoms with van der Waals surface area (Å²) in [7, 11) is 0. The third-order valence-electron chi connectivity index (χ3n) is 4.92. The standard InChI is InChI=1S/C19H31N3O2.2ClH/c1-15(16-7-5-4-6-8-16)22-18(2,3)14-21-17(23)19(13-20)9-11-24-12-10-19;;/h4-8,15,22H,9-14,20H2,1-3H3,(H,21,23);2*1H. The molecule has 26 heavy (non-hydrogen) atoms. The lowest BCUT2D eigenvalue weighted by Gasteiger charge is -2.37. The highest BCUT2D eigenvalue weighted by molar-refractivity contribution is 5.85. The van der Waals surface area contributed by atoms with E-state index in [-0.39, 0.29) is 42.3 Å². The van der Waals surface area contributed by atoms with Gasteiger partial charge in [-0.15, -0.1) is 24.8 Å². The van der Waals surface area contributed by atoms with E-state index in [1.807, 2.05) is 18.2 Å². The van der Waals surface area contributed by atoms with Crippen molar-refractivity contribution in [2.75, 3.05) is 26.3 Å². The van der Waals surface area contributed by atoms with Crippen molar-refractivity contribution in [3.05, 3.63) is 35.9 Å². The van der Waals surface area contributed by atoms with Gasteiger partial charge in [0, 0.05) is 37.9 Å². The van der Waals surface area contributed by atoms with Gasteiger partial charge >= 0.3 is 0 Å². The molecule has 1 heterocycles. The Morgan fingerprint density at radius 2 is 1.81 bits per heavy atom. The molecule has 1 aliphatic heterocycles. The normalized spacial score (nSPS) is 17.4. The second-order valence-electron chi connectivity index (χ2n) is 7.44. The Morgan fingerprint density at radius 1 is 1.23 bits per heavy atom. The van der Waals surface area contributed by atoms with Crippen LogP contribution in [0.2, 0.25) is 0 Å². The van der Waals surface area contributed by atoms with Crippen LogP contribution in [-0.2, 0) is 9.53 Å². The molecule has 0 spiro atoms. The second-order valence-corrected chi connectivity index (χ2v) is 7.44. The first-order valence-electron chi connectivity index (χ1n) is 8.77. The topological polar surface area (TPSA) is 76.4 Å². The number of nitrogens with two attached hydrogens (primary N) is 1. The van der Waals surface area contributed by atoms with Crippen molar-refractivity contribution in [2.24, 2.45) is 11.1 Å². The molecule has 1 fully saturated rings. The Bertz CT molecular complexity index is 535. The first kappa shape index (κ1) is 25.1. The number of ether oxygens (including phenoxy) is 1. The third kappa shape index (κ3) is 6.71. The van der Waals surface area contributed by atoms with Crippen LogP contribution in [0.4, 0.5) is 0 Å². The third-order valence-corrected chi connectivity index (χ3v) is 4.92. The van der Waals surface area contributed by atoms with Gasteiger partial charge in [0.2, 0.25) is 5.91 Å². The van der Waals surface area contributed by atoms with Gasteiger partial charge in [0.05, 0.1) is 5.41 Å². The fraction of sp³-hybridized carbons (Fsp3) is 0.632. The Labute approximate surface area is 169 Å². The molecule has 5 nitrogen and oxygen atoms in total. The van der Waals surface area contributed by atoms with E-state index in [9.17, 15) is 4.79 Å². The smallest absolute Gasteiger partial charge is 0.227 e. The van der Waals surface area contributed by atoms with Gasteiger partial charge in [-0.3, -0.25) is 4.79 Å². The number of benzene rings is 1. The van der Waals surface area contributed by atoms with Crippen molar-refractivity contribution < 1.29 is 9.53 Å². The number of nitrogens with one attached hydrogen (secondary N) is 2. The molecule has 1 aromatic rings. The van der Waals surface area contributed by atoms with Gasteiger partial charge in [-0.05, 0) is 39.2 Å². The summed E-state index contributed by atoms with van der Waals surface area (Å²) in [5.74, 6) is 0.0514. The molecule has 7 heteroatoms. The van der Waals surface area contributed by atoms with E-state index >= 15 is 0 Å². The van der Waals surface area contributed by atoms with E-state index in [4.69, 9.17) is 10.5 Å². The minimum absolute atomic E-state index is 0. The van der Waals surface area contributed by atoms with Crippen LogP contribution in [-0.4, -0.2) is 37.7 Å². The van der Waals surface area contributed by atoms with Gasteiger partial charge in [0.25, 0.3) is 0 Å². The predicted octanol–water partition coefficient (Wildman–Crippen LogP) is 2.83. The fourth-order valence-corrected chi connectivity index (χ4v) is 3.24. The molecular formula is C19H33Cl2N3O2. The van der Waals surface area contributed by atoms with Gasteiger partial charge in [-0.25, -0.2) is 0 Å². The molecule has 1 atom stereocenters. The summed E-state index contributed by atoms with van der Waals surface area (Å²) in [5, 5.41) is 6.69. The van der Waals surface area contributed by atoms with Crippen LogP contribution >= 0.6 is 24.8 Å². The number of carbonyl (C=O) groups excluding carboxylic acids is 1. The molecule has 0 aromatic heterocycles. The average Bonchev–Trinajstić information content (AvgIpc) is 2.60. The van der Waals surface area contributed by atoms with Crippen molar-refractivity contribution in [3.8, 4) is 0 Å². The number of hydrogen-bond donors (Lipinski definition) is 3. The van der Waals surface area contributed by atoms with Crippen LogP contribution in [0.3, 0.4) is 0 Å².